The summed E-state index contributed by atoms with van der Waals surface area (Å²) in [6, 6.07) is 15.6. The van der Waals surface area contributed by atoms with E-state index in [1.165, 1.54) is 64.8 Å². The molecular weight excluding hydrogens is 516 g/mol. The van der Waals surface area contributed by atoms with Gasteiger partial charge in [-0.2, -0.15) is 0 Å². The van der Waals surface area contributed by atoms with Gasteiger partial charge >= 0.3 is 0 Å². The quantitative estimate of drug-likeness (QED) is 0.331. The van der Waals surface area contributed by atoms with Crippen molar-refractivity contribution in [1.29, 1.82) is 0 Å². The fourth-order valence-corrected chi connectivity index (χ4v) is 5.26. The zero-order chi connectivity index (χ0) is 28.3. The topological polar surface area (TPSA) is 112 Å². The molecule has 0 N–H and O–H groups in total. The molecule has 4 amide bonds. The SMILES string of the molecule is COc1ccc(OC)c(N2C(=O)c3ccc4c5c(ccc(c35)C2=O)C(=O)N(c2cc(OC)ccc2OC)C4=O)c1. The van der Waals surface area contributed by atoms with Crippen molar-refractivity contribution in [2.45, 2.75) is 0 Å². The minimum atomic E-state index is -0.621. The van der Waals surface area contributed by atoms with Crippen LogP contribution in [0.2, 0.25) is 0 Å². The Morgan fingerprint density at radius 3 is 1.05 bits per heavy atom. The number of rotatable bonds is 6. The summed E-state index contributed by atoms with van der Waals surface area (Å²) in [7, 11) is 5.82. The Bertz CT molecular complexity index is 1590. The Morgan fingerprint density at radius 2 is 0.775 bits per heavy atom. The summed E-state index contributed by atoms with van der Waals surface area (Å²) in [5.74, 6) is -1.04. The van der Waals surface area contributed by atoms with Crippen molar-refractivity contribution in [2.75, 3.05) is 38.2 Å². The molecule has 0 aromatic heterocycles. The molecule has 10 heteroatoms. The number of hydrogen-bond donors (Lipinski definition) is 0. The number of anilines is 2. The molecule has 0 radical (unpaired) electrons. The van der Waals surface area contributed by atoms with Gasteiger partial charge in [-0.15, -0.1) is 0 Å². The van der Waals surface area contributed by atoms with Crippen LogP contribution in [-0.4, -0.2) is 52.1 Å². The molecule has 0 atom stereocenters. The first-order valence-electron chi connectivity index (χ1n) is 12.2. The van der Waals surface area contributed by atoms with Gasteiger partial charge in [0.25, 0.3) is 23.6 Å². The van der Waals surface area contributed by atoms with Crippen LogP contribution in [0.25, 0.3) is 10.8 Å². The number of amides is 4. The molecule has 2 heterocycles. The van der Waals surface area contributed by atoms with E-state index in [9.17, 15) is 19.2 Å². The summed E-state index contributed by atoms with van der Waals surface area (Å²) >= 11 is 0. The zero-order valence-corrected chi connectivity index (χ0v) is 21.9. The van der Waals surface area contributed by atoms with Crippen LogP contribution in [0, 0.1) is 0 Å². The minimum absolute atomic E-state index is 0.174. The monoisotopic (exact) mass is 538 g/mol. The van der Waals surface area contributed by atoms with Crippen molar-refractivity contribution in [2.24, 2.45) is 0 Å². The van der Waals surface area contributed by atoms with Crippen LogP contribution in [0.5, 0.6) is 23.0 Å². The van der Waals surface area contributed by atoms with E-state index in [2.05, 4.69) is 0 Å². The van der Waals surface area contributed by atoms with Crippen LogP contribution in [-0.2, 0) is 0 Å². The molecule has 0 unspecified atom stereocenters. The number of imide groups is 2. The van der Waals surface area contributed by atoms with E-state index in [0.29, 0.717) is 23.0 Å². The van der Waals surface area contributed by atoms with Crippen molar-refractivity contribution in [3.8, 4) is 23.0 Å². The second-order valence-corrected chi connectivity index (χ2v) is 9.04. The number of methoxy groups -OCH3 is 4. The van der Waals surface area contributed by atoms with Gasteiger partial charge in [0.15, 0.2) is 0 Å². The number of hydrogen-bond acceptors (Lipinski definition) is 8. The normalized spacial score (nSPS) is 14.1. The fraction of sp³-hybridized carbons (Fsp3) is 0.133. The first kappa shape index (κ1) is 24.9. The van der Waals surface area contributed by atoms with Gasteiger partial charge in [0, 0.05) is 45.2 Å². The van der Waals surface area contributed by atoms with Gasteiger partial charge in [-0.05, 0) is 48.5 Å². The maximum absolute atomic E-state index is 13.8. The number of carbonyl (C=O) groups is 4. The lowest BCUT2D eigenvalue weighted by molar-refractivity contribution is 0.0872. The molecule has 0 fully saturated rings. The molecule has 0 saturated heterocycles. The predicted octanol–water partition coefficient (Wildman–Crippen LogP) is 4.48. The molecule has 2 aliphatic heterocycles. The molecule has 6 rings (SSSR count). The molecule has 0 saturated carbocycles. The van der Waals surface area contributed by atoms with Crippen molar-refractivity contribution in [3.05, 3.63) is 82.9 Å². The molecule has 40 heavy (non-hydrogen) atoms. The largest absolute Gasteiger partial charge is 0.497 e. The Hall–Kier alpha value is -5.38. The third-order valence-corrected chi connectivity index (χ3v) is 7.15. The van der Waals surface area contributed by atoms with Crippen LogP contribution in [0.4, 0.5) is 11.4 Å². The van der Waals surface area contributed by atoms with Crippen molar-refractivity contribution in [3.63, 3.8) is 0 Å². The van der Waals surface area contributed by atoms with Crippen molar-refractivity contribution < 1.29 is 38.1 Å². The maximum atomic E-state index is 13.8. The Balaban J connectivity index is 1.54. The molecule has 4 aromatic rings. The first-order valence-corrected chi connectivity index (χ1v) is 12.2. The summed E-state index contributed by atoms with van der Waals surface area (Å²) in [4.78, 5) is 57.3. The van der Waals surface area contributed by atoms with Gasteiger partial charge in [0.2, 0.25) is 0 Å². The van der Waals surface area contributed by atoms with E-state index in [0.717, 1.165) is 9.80 Å². The number of benzene rings is 4. The highest BCUT2D eigenvalue weighted by Crippen LogP contribution is 2.43. The van der Waals surface area contributed by atoms with Crippen LogP contribution in [0.1, 0.15) is 41.4 Å². The second kappa shape index (κ2) is 9.12. The van der Waals surface area contributed by atoms with Crippen molar-refractivity contribution in [1.82, 2.24) is 0 Å². The number of ether oxygens (including phenoxy) is 4. The average molecular weight is 539 g/mol. The van der Waals surface area contributed by atoms with E-state index in [1.807, 2.05) is 0 Å². The van der Waals surface area contributed by atoms with E-state index in [1.54, 1.807) is 24.3 Å². The number of carbonyl (C=O) groups excluding carboxylic acids is 4. The minimum Gasteiger partial charge on any atom is -0.497 e. The lowest BCUT2D eigenvalue weighted by Crippen LogP contribution is -2.43. The Morgan fingerprint density at radius 1 is 0.450 bits per heavy atom. The van der Waals surface area contributed by atoms with E-state index >= 15 is 0 Å². The van der Waals surface area contributed by atoms with E-state index in [-0.39, 0.29) is 44.4 Å². The Kier molecular flexibility index (Phi) is 5.69. The summed E-state index contributed by atoms with van der Waals surface area (Å²) in [5, 5.41) is 0.504. The third kappa shape index (κ3) is 3.35. The maximum Gasteiger partial charge on any atom is 0.266 e. The molecular formula is C30H22N2O8. The number of nitrogens with zero attached hydrogens (tertiary/aromatic N) is 2. The van der Waals surface area contributed by atoms with Crippen LogP contribution >= 0.6 is 0 Å². The van der Waals surface area contributed by atoms with Gasteiger partial charge in [0.05, 0.1) is 39.8 Å². The highest BCUT2D eigenvalue weighted by Gasteiger charge is 2.42. The van der Waals surface area contributed by atoms with Crippen LogP contribution < -0.4 is 28.7 Å². The van der Waals surface area contributed by atoms with Crippen LogP contribution in [0.3, 0.4) is 0 Å². The average Bonchev–Trinajstić information content (AvgIpc) is 2.98. The van der Waals surface area contributed by atoms with Crippen molar-refractivity contribution >= 4 is 45.8 Å². The predicted molar refractivity (Wildman–Crippen MR) is 145 cm³/mol. The molecule has 2 aliphatic rings. The molecule has 0 bridgehead atoms. The van der Waals surface area contributed by atoms with E-state index in [4.69, 9.17) is 18.9 Å². The first-order chi connectivity index (χ1) is 19.3. The molecule has 0 aliphatic carbocycles. The van der Waals surface area contributed by atoms with Crippen LogP contribution in [0.15, 0.2) is 60.7 Å². The molecule has 200 valence electrons. The molecule has 4 aromatic carbocycles. The van der Waals surface area contributed by atoms with Gasteiger partial charge in [0.1, 0.15) is 23.0 Å². The van der Waals surface area contributed by atoms with Gasteiger partial charge in [-0.3, -0.25) is 19.2 Å². The summed E-state index contributed by atoms with van der Waals surface area (Å²) in [6.07, 6.45) is 0. The van der Waals surface area contributed by atoms with E-state index < -0.39 is 23.6 Å². The molecule has 10 nitrogen and oxygen atoms in total. The van der Waals surface area contributed by atoms with Gasteiger partial charge in [-0.25, -0.2) is 9.80 Å². The summed E-state index contributed by atoms with van der Waals surface area (Å²) in [5.41, 5.74) is 1.11. The zero-order valence-electron chi connectivity index (χ0n) is 21.9. The second-order valence-electron chi connectivity index (χ2n) is 9.04. The smallest absolute Gasteiger partial charge is 0.266 e. The highest BCUT2D eigenvalue weighted by atomic mass is 16.5. The van der Waals surface area contributed by atoms with Gasteiger partial charge in [-0.1, -0.05) is 0 Å². The standard InChI is InChI=1S/C30H22N2O8/c1-37-15-5-11-23(39-3)21(13-15)31-27(33)17-7-9-19-26-20(10-8-18(25(17)26)28(31)34)30(36)32(29(19)35)22-14-16(38-2)6-12-24(22)40-4/h5-14H,1-4H3. The lowest BCUT2D eigenvalue weighted by atomic mass is 9.85. The molecule has 0 spiro atoms. The van der Waals surface area contributed by atoms with Gasteiger partial charge < -0.3 is 18.9 Å². The fourth-order valence-electron chi connectivity index (χ4n) is 5.26. The third-order valence-electron chi connectivity index (χ3n) is 7.15. The summed E-state index contributed by atoms with van der Waals surface area (Å²) in [6.45, 7) is 0. The summed E-state index contributed by atoms with van der Waals surface area (Å²) < 4.78 is 21.4. The Labute approximate surface area is 228 Å². The lowest BCUT2D eigenvalue weighted by Gasteiger charge is -2.32. The highest BCUT2D eigenvalue weighted by molar-refractivity contribution is 6.42.